The van der Waals surface area contributed by atoms with E-state index in [1.54, 1.807) is 16.8 Å². The lowest BCUT2D eigenvalue weighted by molar-refractivity contribution is -0.118. The van der Waals surface area contributed by atoms with Crippen molar-refractivity contribution in [1.29, 1.82) is 0 Å². The molecule has 0 aliphatic carbocycles. The number of benzene rings is 2. The Balaban J connectivity index is 1.74. The quantitative estimate of drug-likeness (QED) is 0.755. The third-order valence-electron chi connectivity index (χ3n) is 3.72. The van der Waals surface area contributed by atoms with Crippen LogP contribution in [0.25, 0.3) is 5.69 Å². The van der Waals surface area contributed by atoms with E-state index in [0.29, 0.717) is 11.6 Å². The van der Waals surface area contributed by atoms with E-state index in [4.69, 9.17) is 4.74 Å². The summed E-state index contributed by atoms with van der Waals surface area (Å²) in [7, 11) is 0. The highest BCUT2D eigenvalue weighted by atomic mass is 19.1. The molecule has 0 saturated heterocycles. The Morgan fingerprint density at radius 3 is 2.54 bits per heavy atom. The molecule has 0 unspecified atom stereocenters. The zero-order chi connectivity index (χ0) is 18.7. The van der Waals surface area contributed by atoms with Crippen LogP contribution in [-0.4, -0.2) is 22.3 Å². The summed E-state index contributed by atoms with van der Waals surface area (Å²) in [5.41, 5.74) is 3.88. The van der Waals surface area contributed by atoms with Crippen LogP contribution in [0.5, 0.6) is 5.75 Å². The summed E-state index contributed by atoms with van der Waals surface area (Å²) in [6.07, 6.45) is 0. The minimum atomic E-state index is -0.411. The van der Waals surface area contributed by atoms with Crippen molar-refractivity contribution in [1.82, 2.24) is 9.78 Å². The molecule has 0 bridgehead atoms. The zero-order valence-corrected chi connectivity index (χ0v) is 14.9. The number of aromatic nitrogens is 2. The van der Waals surface area contributed by atoms with Crippen molar-refractivity contribution >= 4 is 11.7 Å². The second-order valence-electron chi connectivity index (χ2n) is 6.22. The minimum absolute atomic E-state index is 0.222. The number of hydrogen-bond donors (Lipinski definition) is 1. The largest absolute Gasteiger partial charge is 0.484 e. The van der Waals surface area contributed by atoms with Gasteiger partial charge in [0.05, 0.1) is 11.4 Å². The Kier molecular flexibility index (Phi) is 5.02. The lowest BCUT2D eigenvalue weighted by Crippen LogP contribution is -2.22. The fourth-order valence-electron chi connectivity index (χ4n) is 2.74. The van der Waals surface area contributed by atoms with E-state index >= 15 is 0 Å². The number of carbonyl (C=O) groups is 1. The first-order chi connectivity index (χ1) is 12.4. The van der Waals surface area contributed by atoms with Crippen molar-refractivity contribution in [3.05, 3.63) is 71.2 Å². The molecular weight excluding hydrogens is 333 g/mol. The molecule has 0 saturated carbocycles. The number of rotatable bonds is 5. The monoisotopic (exact) mass is 353 g/mol. The molecule has 1 amide bonds. The maximum atomic E-state index is 13.2. The first-order valence-electron chi connectivity index (χ1n) is 8.24. The molecule has 0 atom stereocenters. The Hall–Kier alpha value is -3.15. The number of amides is 1. The third kappa shape index (κ3) is 4.27. The summed E-state index contributed by atoms with van der Waals surface area (Å²) in [6.45, 7) is 5.66. The van der Waals surface area contributed by atoms with Crippen molar-refractivity contribution < 1.29 is 13.9 Å². The van der Waals surface area contributed by atoms with Gasteiger partial charge in [-0.05, 0) is 56.2 Å². The van der Waals surface area contributed by atoms with Gasteiger partial charge in [-0.1, -0.05) is 12.1 Å². The summed E-state index contributed by atoms with van der Waals surface area (Å²) in [4.78, 5) is 12.2. The van der Waals surface area contributed by atoms with Gasteiger partial charge in [0.25, 0.3) is 5.91 Å². The highest BCUT2D eigenvalue weighted by Crippen LogP contribution is 2.20. The maximum Gasteiger partial charge on any atom is 0.263 e. The fraction of sp³-hybridized carbons (Fsp3) is 0.200. The lowest BCUT2D eigenvalue weighted by atomic mass is 10.1. The van der Waals surface area contributed by atoms with Gasteiger partial charge in [-0.2, -0.15) is 5.10 Å². The number of hydrogen-bond acceptors (Lipinski definition) is 3. The number of halogens is 1. The van der Waals surface area contributed by atoms with Gasteiger partial charge in [-0.25, -0.2) is 9.07 Å². The van der Waals surface area contributed by atoms with Crippen LogP contribution in [0.4, 0.5) is 10.2 Å². The van der Waals surface area contributed by atoms with Crippen molar-refractivity contribution in [2.75, 3.05) is 11.9 Å². The SMILES string of the molecule is Cc1cc(C)cc(-n2nc(C)cc2NC(=O)COc2cccc(F)c2)c1. The topological polar surface area (TPSA) is 56.2 Å². The van der Waals surface area contributed by atoms with E-state index in [1.165, 1.54) is 18.2 Å². The van der Waals surface area contributed by atoms with Crippen LogP contribution in [0, 0.1) is 26.6 Å². The number of carbonyl (C=O) groups excluding carboxylic acids is 1. The molecule has 6 heteroatoms. The molecule has 0 aliphatic heterocycles. The molecule has 1 N–H and O–H groups in total. The van der Waals surface area contributed by atoms with Crippen LogP contribution < -0.4 is 10.1 Å². The van der Waals surface area contributed by atoms with E-state index in [1.807, 2.05) is 32.9 Å². The minimum Gasteiger partial charge on any atom is -0.484 e. The second kappa shape index (κ2) is 7.39. The van der Waals surface area contributed by atoms with Crippen LogP contribution in [0.1, 0.15) is 16.8 Å². The molecule has 1 heterocycles. The van der Waals surface area contributed by atoms with Crippen LogP contribution in [-0.2, 0) is 4.79 Å². The molecule has 1 aromatic heterocycles. The second-order valence-corrected chi connectivity index (χ2v) is 6.22. The van der Waals surface area contributed by atoms with E-state index in [0.717, 1.165) is 22.5 Å². The number of nitrogens with one attached hydrogen (secondary N) is 1. The van der Waals surface area contributed by atoms with Gasteiger partial charge in [-0.3, -0.25) is 4.79 Å². The molecule has 2 aromatic carbocycles. The number of aryl methyl sites for hydroxylation is 3. The summed E-state index contributed by atoms with van der Waals surface area (Å²) in [6, 6.07) is 13.5. The predicted molar refractivity (Wildman–Crippen MR) is 98.3 cm³/mol. The number of anilines is 1. The molecule has 5 nitrogen and oxygen atoms in total. The van der Waals surface area contributed by atoms with Crippen molar-refractivity contribution in [2.45, 2.75) is 20.8 Å². The summed E-state index contributed by atoms with van der Waals surface area (Å²) in [5.74, 6) is 0.103. The molecule has 3 rings (SSSR count). The summed E-state index contributed by atoms with van der Waals surface area (Å²) < 4.78 is 20.2. The number of ether oxygens (including phenoxy) is 1. The Labute approximate surface area is 151 Å². The standard InChI is InChI=1S/C20H20FN3O2/c1-13-7-14(2)9-17(8-13)24-19(10-15(3)23-24)22-20(25)12-26-18-6-4-5-16(21)11-18/h4-11H,12H2,1-3H3,(H,22,25). The van der Waals surface area contributed by atoms with E-state index in [9.17, 15) is 9.18 Å². The van der Waals surface area contributed by atoms with Crippen molar-refractivity contribution in [2.24, 2.45) is 0 Å². The van der Waals surface area contributed by atoms with E-state index in [2.05, 4.69) is 16.5 Å². The Bertz CT molecular complexity index is 930. The predicted octanol–water partition coefficient (Wildman–Crippen LogP) is 3.95. The van der Waals surface area contributed by atoms with Crippen LogP contribution in [0.15, 0.2) is 48.5 Å². The van der Waals surface area contributed by atoms with Crippen molar-refractivity contribution in [3.8, 4) is 11.4 Å². The smallest absolute Gasteiger partial charge is 0.263 e. The van der Waals surface area contributed by atoms with E-state index in [-0.39, 0.29) is 12.5 Å². The average Bonchev–Trinajstić information content (AvgIpc) is 2.92. The van der Waals surface area contributed by atoms with E-state index < -0.39 is 5.82 Å². The Morgan fingerprint density at radius 2 is 1.85 bits per heavy atom. The first-order valence-corrected chi connectivity index (χ1v) is 8.24. The Morgan fingerprint density at radius 1 is 1.12 bits per heavy atom. The summed E-state index contributed by atoms with van der Waals surface area (Å²) in [5, 5.41) is 7.25. The third-order valence-corrected chi connectivity index (χ3v) is 3.72. The summed E-state index contributed by atoms with van der Waals surface area (Å²) >= 11 is 0. The molecule has 0 radical (unpaired) electrons. The molecule has 0 fully saturated rings. The maximum absolute atomic E-state index is 13.2. The van der Waals surface area contributed by atoms with Gasteiger partial charge in [0.2, 0.25) is 0 Å². The first kappa shape index (κ1) is 17.7. The van der Waals surface area contributed by atoms with Crippen LogP contribution >= 0.6 is 0 Å². The van der Waals surface area contributed by atoms with Crippen LogP contribution in [0.3, 0.4) is 0 Å². The van der Waals surface area contributed by atoms with Gasteiger partial charge in [0.1, 0.15) is 17.4 Å². The lowest BCUT2D eigenvalue weighted by Gasteiger charge is -2.11. The average molecular weight is 353 g/mol. The molecule has 0 spiro atoms. The molecule has 0 aliphatic rings. The van der Waals surface area contributed by atoms with Crippen molar-refractivity contribution in [3.63, 3.8) is 0 Å². The van der Waals surface area contributed by atoms with Gasteiger partial charge < -0.3 is 10.1 Å². The highest BCUT2D eigenvalue weighted by molar-refractivity contribution is 5.91. The molecule has 3 aromatic rings. The van der Waals surface area contributed by atoms with Gasteiger partial charge >= 0.3 is 0 Å². The normalized spacial score (nSPS) is 10.6. The molecule has 134 valence electrons. The van der Waals surface area contributed by atoms with Crippen LogP contribution in [0.2, 0.25) is 0 Å². The highest BCUT2D eigenvalue weighted by Gasteiger charge is 2.12. The fourth-order valence-corrected chi connectivity index (χ4v) is 2.74. The zero-order valence-electron chi connectivity index (χ0n) is 14.9. The number of nitrogens with zero attached hydrogens (tertiary/aromatic N) is 2. The molecular formula is C20H20FN3O2. The van der Waals surface area contributed by atoms with Gasteiger partial charge in [-0.15, -0.1) is 0 Å². The van der Waals surface area contributed by atoms with Gasteiger partial charge in [0, 0.05) is 12.1 Å². The van der Waals surface area contributed by atoms with Gasteiger partial charge in [0.15, 0.2) is 6.61 Å². The molecule has 26 heavy (non-hydrogen) atoms.